The number of carbonyl (C=O) groups excluding carboxylic acids is 1. The standard InChI is InChI=1S/C17H17N3O5/c1-11-14(19(22)23)9-12(10-15(11)20(24)25)16(21)18-17(2,3)13-7-5-4-6-8-13/h4-10H,1-3H3,(H,18,21). The number of carbonyl (C=O) groups is 1. The molecule has 0 radical (unpaired) electrons. The Morgan fingerprint density at radius 1 is 1.00 bits per heavy atom. The Morgan fingerprint density at radius 3 is 1.92 bits per heavy atom. The van der Waals surface area contributed by atoms with E-state index in [0.717, 1.165) is 17.7 Å². The Kier molecular flexibility index (Phi) is 4.82. The second-order valence-corrected chi connectivity index (χ2v) is 6.10. The molecule has 0 fully saturated rings. The van der Waals surface area contributed by atoms with Crippen LogP contribution >= 0.6 is 0 Å². The minimum atomic E-state index is -0.757. The zero-order chi connectivity index (χ0) is 18.8. The average molecular weight is 343 g/mol. The van der Waals surface area contributed by atoms with Gasteiger partial charge in [0.05, 0.1) is 20.9 Å². The Balaban J connectivity index is 2.42. The highest BCUT2D eigenvalue weighted by Gasteiger charge is 2.28. The van der Waals surface area contributed by atoms with Crippen molar-refractivity contribution in [3.8, 4) is 0 Å². The third-order valence-electron chi connectivity index (χ3n) is 3.93. The Labute approximate surface area is 143 Å². The summed E-state index contributed by atoms with van der Waals surface area (Å²) in [7, 11) is 0. The van der Waals surface area contributed by atoms with Crippen LogP contribution in [0.5, 0.6) is 0 Å². The van der Waals surface area contributed by atoms with Crippen LogP contribution in [0.2, 0.25) is 0 Å². The molecular weight excluding hydrogens is 326 g/mol. The number of nitrogens with zero attached hydrogens (tertiary/aromatic N) is 2. The Hall–Kier alpha value is -3.29. The zero-order valence-corrected chi connectivity index (χ0v) is 14.0. The summed E-state index contributed by atoms with van der Waals surface area (Å²) in [4.78, 5) is 33.3. The van der Waals surface area contributed by atoms with Crippen LogP contribution in [0, 0.1) is 27.2 Å². The van der Waals surface area contributed by atoms with Crippen molar-refractivity contribution in [2.45, 2.75) is 26.3 Å². The average Bonchev–Trinajstić information content (AvgIpc) is 2.54. The van der Waals surface area contributed by atoms with Crippen LogP contribution in [0.25, 0.3) is 0 Å². The van der Waals surface area contributed by atoms with Gasteiger partial charge in [-0.05, 0) is 26.3 Å². The number of amides is 1. The summed E-state index contributed by atoms with van der Waals surface area (Å²) in [5.74, 6) is -0.625. The van der Waals surface area contributed by atoms with Crippen molar-refractivity contribution >= 4 is 17.3 Å². The summed E-state index contributed by atoms with van der Waals surface area (Å²) in [5, 5.41) is 25.0. The highest BCUT2D eigenvalue weighted by Crippen LogP contribution is 2.30. The van der Waals surface area contributed by atoms with Crippen molar-refractivity contribution in [1.82, 2.24) is 5.32 Å². The molecule has 0 aliphatic rings. The van der Waals surface area contributed by atoms with E-state index in [0.29, 0.717) is 0 Å². The summed E-state index contributed by atoms with van der Waals surface area (Å²) in [6, 6.07) is 11.3. The summed E-state index contributed by atoms with van der Waals surface area (Å²) < 4.78 is 0. The van der Waals surface area contributed by atoms with E-state index in [2.05, 4.69) is 5.32 Å². The molecule has 1 amide bonds. The number of hydrogen-bond acceptors (Lipinski definition) is 5. The highest BCUT2D eigenvalue weighted by atomic mass is 16.6. The predicted molar refractivity (Wildman–Crippen MR) is 91.4 cm³/mol. The molecular formula is C17H17N3O5. The molecule has 8 nitrogen and oxygen atoms in total. The maximum Gasteiger partial charge on any atom is 0.279 e. The minimum absolute atomic E-state index is 0.0890. The largest absolute Gasteiger partial charge is 0.343 e. The molecule has 130 valence electrons. The maximum absolute atomic E-state index is 12.5. The van der Waals surface area contributed by atoms with E-state index in [1.807, 2.05) is 30.3 Å². The van der Waals surface area contributed by atoms with Crippen LogP contribution in [0.15, 0.2) is 42.5 Å². The molecule has 0 unspecified atom stereocenters. The molecule has 2 aromatic carbocycles. The first-order chi connectivity index (χ1) is 11.6. The van der Waals surface area contributed by atoms with Gasteiger partial charge in [0, 0.05) is 12.1 Å². The summed E-state index contributed by atoms with van der Waals surface area (Å²) >= 11 is 0. The van der Waals surface area contributed by atoms with Gasteiger partial charge in [-0.15, -0.1) is 0 Å². The molecule has 0 bridgehead atoms. The molecule has 0 aliphatic carbocycles. The SMILES string of the molecule is Cc1c([N+](=O)[O-])cc(C(=O)NC(C)(C)c2ccccc2)cc1[N+](=O)[O-]. The van der Waals surface area contributed by atoms with E-state index < -0.39 is 32.7 Å². The fourth-order valence-corrected chi connectivity index (χ4v) is 2.48. The zero-order valence-electron chi connectivity index (χ0n) is 14.0. The highest BCUT2D eigenvalue weighted by molar-refractivity contribution is 5.96. The number of nitro benzene ring substituents is 2. The lowest BCUT2D eigenvalue weighted by molar-refractivity contribution is -0.395. The van der Waals surface area contributed by atoms with Crippen molar-refractivity contribution in [3.05, 3.63) is 79.4 Å². The van der Waals surface area contributed by atoms with E-state index in [9.17, 15) is 25.0 Å². The molecule has 0 spiro atoms. The van der Waals surface area contributed by atoms with Gasteiger partial charge >= 0.3 is 0 Å². The van der Waals surface area contributed by atoms with E-state index in [-0.39, 0.29) is 11.1 Å². The first-order valence-electron chi connectivity index (χ1n) is 7.45. The van der Waals surface area contributed by atoms with Gasteiger partial charge in [-0.3, -0.25) is 25.0 Å². The van der Waals surface area contributed by atoms with Gasteiger partial charge in [-0.2, -0.15) is 0 Å². The van der Waals surface area contributed by atoms with Gasteiger partial charge in [0.15, 0.2) is 0 Å². The third kappa shape index (κ3) is 3.79. The van der Waals surface area contributed by atoms with Gasteiger partial charge in [0.2, 0.25) is 0 Å². The van der Waals surface area contributed by atoms with Gasteiger partial charge < -0.3 is 5.32 Å². The minimum Gasteiger partial charge on any atom is -0.343 e. The smallest absolute Gasteiger partial charge is 0.279 e. The number of benzene rings is 2. The van der Waals surface area contributed by atoms with Crippen LogP contribution in [0.3, 0.4) is 0 Å². The van der Waals surface area contributed by atoms with Gasteiger partial charge in [0.1, 0.15) is 5.56 Å². The van der Waals surface area contributed by atoms with E-state index in [1.165, 1.54) is 6.92 Å². The molecule has 25 heavy (non-hydrogen) atoms. The van der Waals surface area contributed by atoms with E-state index >= 15 is 0 Å². The van der Waals surface area contributed by atoms with Gasteiger partial charge in [0.25, 0.3) is 17.3 Å². The number of hydrogen-bond donors (Lipinski definition) is 1. The van der Waals surface area contributed by atoms with Crippen LogP contribution < -0.4 is 5.32 Å². The first kappa shape index (κ1) is 18.1. The van der Waals surface area contributed by atoms with Gasteiger partial charge in [-0.1, -0.05) is 30.3 Å². The van der Waals surface area contributed by atoms with Crippen LogP contribution in [-0.4, -0.2) is 15.8 Å². The molecule has 0 aromatic heterocycles. The lowest BCUT2D eigenvalue weighted by atomic mass is 9.93. The Bertz CT molecular complexity index is 812. The third-order valence-corrected chi connectivity index (χ3v) is 3.93. The van der Waals surface area contributed by atoms with E-state index in [4.69, 9.17) is 0 Å². The second-order valence-electron chi connectivity index (χ2n) is 6.10. The van der Waals surface area contributed by atoms with Crippen LogP contribution in [0.1, 0.15) is 35.3 Å². The predicted octanol–water partition coefficient (Wildman–Crippen LogP) is 3.48. The number of rotatable bonds is 5. The lowest BCUT2D eigenvalue weighted by Crippen LogP contribution is -2.41. The quantitative estimate of drug-likeness (QED) is 0.659. The van der Waals surface area contributed by atoms with Gasteiger partial charge in [-0.25, -0.2) is 0 Å². The molecule has 1 N–H and O–H groups in total. The van der Waals surface area contributed by atoms with Crippen molar-refractivity contribution in [3.63, 3.8) is 0 Å². The molecule has 2 rings (SSSR count). The first-order valence-corrected chi connectivity index (χ1v) is 7.45. The molecule has 0 saturated carbocycles. The van der Waals surface area contributed by atoms with Crippen molar-refractivity contribution < 1.29 is 14.6 Å². The molecule has 8 heteroatoms. The second kappa shape index (κ2) is 6.68. The number of nitrogens with one attached hydrogen (secondary N) is 1. The molecule has 0 atom stereocenters. The van der Waals surface area contributed by atoms with Crippen molar-refractivity contribution in [1.29, 1.82) is 0 Å². The van der Waals surface area contributed by atoms with Crippen molar-refractivity contribution in [2.75, 3.05) is 0 Å². The monoisotopic (exact) mass is 343 g/mol. The summed E-state index contributed by atoms with van der Waals surface area (Å²) in [5.41, 5.74) is -1.07. The summed E-state index contributed by atoms with van der Waals surface area (Å²) in [6.45, 7) is 4.83. The maximum atomic E-state index is 12.5. The molecule has 0 heterocycles. The molecule has 0 saturated heterocycles. The number of nitro groups is 2. The van der Waals surface area contributed by atoms with Crippen LogP contribution in [-0.2, 0) is 5.54 Å². The fourth-order valence-electron chi connectivity index (χ4n) is 2.48. The Morgan fingerprint density at radius 2 is 1.48 bits per heavy atom. The van der Waals surface area contributed by atoms with Crippen molar-refractivity contribution in [2.24, 2.45) is 0 Å². The normalized spacial score (nSPS) is 11.0. The topological polar surface area (TPSA) is 115 Å². The molecule has 2 aromatic rings. The summed E-state index contributed by atoms with van der Waals surface area (Å²) in [6.07, 6.45) is 0. The lowest BCUT2D eigenvalue weighted by Gasteiger charge is -2.27. The van der Waals surface area contributed by atoms with Crippen LogP contribution in [0.4, 0.5) is 11.4 Å². The fraction of sp³-hybridized carbons (Fsp3) is 0.235. The molecule has 0 aliphatic heterocycles. The van der Waals surface area contributed by atoms with E-state index in [1.54, 1.807) is 13.8 Å².